The van der Waals surface area contributed by atoms with E-state index in [0.29, 0.717) is 12.1 Å². The van der Waals surface area contributed by atoms with Gasteiger partial charge >= 0.3 is 11.9 Å². The number of carboxylic acid groups (broad SMARTS) is 2. The third-order valence-corrected chi connectivity index (χ3v) is 2.53. The zero-order valence-electron chi connectivity index (χ0n) is 8.22. The Labute approximate surface area is 133 Å². The van der Waals surface area contributed by atoms with Gasteiger partial charge < -0.3 is 10.2 Å². The minimum Gasteiger partial charge on any atom is -0.478 e. The Kier molecular flexibility index (Phi) is 7.97. The summed E-state index contributed by atoms with van der Waals surface area (Å²) in [5.41, 5.74) is -1.07. The molecule has 0 aliphatic rings. The van der Waals surface area contributed by atoms with Gasteiger partial charge in [0.1, 0.15) is 0 Å². The largest absolute Gasteiger partial charge is 0.478 e. The van der Waals surface area contributed by atoms with Crippen molar-refractivity contribution in [3.63, 3.8) is 0 Å². The average molecular weight is 640 g/mol. The maximum Gasteiger partial charge on any atom is 0.335 e. The normalized spacial score (nSPS) is 9.83. The predicted molar refractivity (Wildman–Crippen MR) is 50.2 cm³/mol. The third-order valence-electron chi connectivity index (χ3n) is 1.70. The van der Waals surface area contributed by atoms with E-state index in [1.165, 1.54) is 0 Å². The van der Waals surface area contributed by atoms with Gasteiger partial charge in [-0.2, -0.15) is 8.42 Å². The SMILES string of the molecule is O=C(O)c1cc(C(=O)O)cc(S(=O)(=O)O)c1.[Au].[Au]. The molecular formula is C8H6Au2O7S. The van der Waals surface area contributed by atoms with E-state index < -0.39 is 38.1 Å². The summed E-state index contributed by atoms with van der Waals surface area (Å²) >= 11 is 0. The van der Waals surface area contributed by atoms with E-state index in [1.807, 2.05) is 0 Å². The molecule has 1 rings (SSSR count). The van der Waals surface area contributed by atoms with Gasteiger partial charge in [0.15, 0.2) is 0 Å². The van der Waals surface area contributed by atoms with Crippen molar-refractivity contribution in [2.45, 2.75) is 4.90 Å². The number of aromatic carboxylic acids is 2. The molecule has 0 aliphatic heterocycles. The molecule has 7 nitrogen and oxygen atoms in total. The van der Waals surface area contributed by atoms with Crippen LogP contribution in [0.4, 0.5) is 0 Å². The Balaban J connectivity index is 0. The van der Waals surface area contributed by atoms with E-state index in [-0.39, 0.29) is 44.8 Å². The minimum atomic E-state index is -4.64. The van der Waals surface area contributed by atoms with Gasteiger partial charge in [0.25, 0.3) is 10.1 Å². The van der Waals surface area contributed by atoms with Crippen molar-refractivity contribution in [2.24, 2.45) is 0 Å². The fourth-order valence-corrected chi connectivity index (χ4v) is 1.55. The van der Waals surface area contributed by atoms with Gasteiger partial charge in [-0.15, -0.1) is 0 Å². The molecule has 0 aromatic heterocycles. The van der Waals surface area contributed by atoms with Crippen LogP contribution in [0.3, 0.4) is 0 Å². The standard InChI is InChI=1S/C8H6O7S.2Au/c9-7(10)4-1-5(8(11)12)3-6(2-4)16(13,14)15;;/h1-3H,(H,9,10)(H,11,12)(H,13,14,15);;. The summed E-state index contributed by atoms with van der Waals surface area (Å²) in [5, 5.41) is 17.2. The van der Waals surface area contributed by atoms with E-state index in [4.69, 9.17) is 14.8 Å². The molecular weight excluding hydrogens is 634 g/mol. The number of benzene rings is 1. The van der Waals surface area contributed by atoms with Crippen molar-refractivity contribution in [3.8, 4) is 0 Å². The average Bonchev–Trinajstić information content (AvgIpc) is 2.15. The van der Waals surface area contributed by atoms with Crippen LogP contribution in [-0.2, 0) is 54.9 Å². The van der Waals surface area contributed by atoms with Crippen LogP contribution in [0.1, 0.15) is 20.7 Å². The van der Waals surface area contributed by atoms with Gasteiger partial charge in [-0.25, -0.2) is 9.59 Å². The number of carbonyl (C=O) groups is 2. The Bertz CT molecular complexity index is 535. The van der Waals surface area contributed by atoms with Crippen LogP contribution in [0.15, 0.2) is 23.1 Å². The van der Waals surface area contributed by atoms with Gasteiger partial charge in [0.05, 0.1) is 16.0 Å². The van der Waals surface area contributed by atoms with Crippen LogP contribution in [-0.4, -0.2) is 35.1 Å². The molecule has 0 atom stereocenters. The molecule has 0 bridgehead atoms. The third kappa shape index (κ3) is 5.04. The second-order valence-electron chi connectivity index (χ2n) is 2.83. The fraction of sp³-hybridized carbons (Fsp3) is 0. The maximum atomic E-state index is 10.8. The van der Waals surface area contributed by atoms with E-state index in [2.05, 4.69) is 0 Å². The molecule has 0 heterocycles. The van der Waals surface area contributed by atoms with Crippen molar-refractivity contribution in [2.75, 3.05) is 0 Å². The molecule has 18 heavy (non-hydrogen) atoms. The molecule has 0 amide bonds. The summed E-state index contributed by atoms with van der Waals surface area (Å²) in [7, 11) is -4.64. The molecule has 0 saturated carbocycles. The molecule has 0 spiro atoms. The summed E-state index contributed by atoms with van der Waals surface area (Å²) in [5.74, 6) is -2.99. The zero-order chi connectivity index (χ0) is 12.5. The molecule has 2 radical (unpaired) electrons. The Morgan fingerprint density at radius 1 is 0.889 bits per heavy atom. The minimum absolute atomic E-state index is 0. The van der Waals surface area contributed by atoms with Crippen LogP contribution in [0.5, 0.6) is 0 Å². The van der Waals surface area contributed by atoms with Crippen molar-refractivity contribution in [1.29, 1.82) is 0 Å². The van der Waals surface area contributed by atoms with Crippen LogP contribution < -0.4 is 0 Å². The molecule has 108 valence electrons. The molecule has 0 saturated heterocycles. The van der Waals surface area contributed by atoms with E-state index in [1.54, 1.807) is 0 Å². The second-order valence-corrected chi connectivity index (χ2v) is 4.25. The van der Waals surface area contributed by atoms with Crippen LogP contribution in [0.25, 0.3) is 0 Å². The van der Waals surface area contributed by atoms with E-state index in [9.17, 15) is 18.0 Å². The summed E-state index contributed by atoms with van der Waals surface area (Å²) in [6, 6.07) is 2.13. The first-order valence-electron chi connectivity index (χ1n) is 3.81. The van der Waals surface area contributed by atoms with Crippen molar-refractivity contribution >= 4 is 22.1 Å². The molecule has 1 aromatic carbocycles. The quantitative estimate of drug-likeness (QED) is 0.321. The summed E-state index contributed by atoms with van der Waals surface area (Å²) in [4.78, 5) is 20.4. The number of hydrogen-bond acceptors (Lipinski definition) is 4. The van der Waals surface area contributed by atoms with Crippen molar-refractivity contribution < 1.29 is 77.5 Å². The van der Waals surface area contributed by atoms with E-state index in [0.717, 1.165) is 6.07 Å². The monoisotopic (exact) mass is 640 g/mol. The first-order chi connectivity index (χ1) is 7.21. The van der Waals surface area contributed by atoms with Gasteiger partial charge in [-0.05, 0) is 18.2 Å². The summed E-state index contributed by atoms with van der Waals surface area (Å²) < 4.78 is 30.2. The van der Waals surface area contributed by atoms with Crippen LogP contribution in [0, 0.1) is 0 Å². The number of hydrogen-bond donors (Lipinski definition) is 3. The summed E-state index contributed by atoms with van der Waals surface area (Å²) in [6.45, 7) is 0. The van der Waals surface area contributed by atoms with Crippen LogP contribution >= 0.6 is 0 Å². The number of carboxylic acids is 2. The van der Waals surface area contributed by atoms with Gasteiger partial charge in [-0.1, -0.05) is 0 Å². The molecule has 10 heteroatoms. The maximum absolute atomic E-state index is 10.8. The van der Waals surface area contributed by atoms with Gasteiger partial charge in [0.2, 0.25) is 0 Å². The Morgan fingerprint density at radius 2 is 1.22 bits per heavy atom. The molecule has 1 aromatic rings. The predicted octanol–water partition coefficient (Wildman–Crippen LogP) is 0.325. The van der Waals surface area contributed by atoms with Gasteiger partial charge in [0, 0.05) is 44.8 Å². The zero-order valence-corrected chi connectivity index (χ0v) is 13.4. The van der Waals surface area contributed by atoms with E-state index >= 15 is 0 Å². The topological polar surface area (TPSA) is 129 Å². The first-order valence-corrected chi connectivity index (χ1v) is 5.25. The molecule has 0 fully saturated rings. The Morgan fingerprint density at radius 3 is 1.44 bits per heavy atom. The van der Waals surface area contributed by atoms with Gasteiger partial charge in [-0.3, -0.25) is 4.55 Å². The fourth-order valence-electron chi connectivity index (χ4n) is 0.995. The molecule has 3 N–H and O–H groups in total. The first kappa shape index (κ1) is 19.9. The number of rotatable bonds is 3. The second kappa shape index (κ2) is 7.22. The molecule has 0 unspecified atom stereocenters. The smallest absolute Gasteiger partial charge is 0.335 e. The molecule has 0 aliphatic carbocycles. The Hall–Kier alpha value is -0.449. The van der Waals surface area contributed by atoms with Crippen LogP contribution in [0.2, 0.25) is 0 Å². The van der Waals surface area contributed by atoms with Crippen molar-refractivity contribution in [1.82, 2.24) is 0 Å². The van der Waals surface area contributed by atoms with Crippen molar-refractivity contribution in [3.05, 3.63) is 29.3 Å². The summed E-state index contributed by atoms with van der Waals surface area (Å²) in [6.07, 6.45) is 0.